The zero-order chi connectivity index (χ0) is 25.5. The Morgan fingerprint density at radius 1 is 0.500 bits per heavy atom. The highest BCUT2D eigenvalue weighted by molar-refractivity contribution is 9.10. The molecule has 0 radical (unpaired) electrons. The molecule has 0 aliphatic heterocycles. The molecule has 0 aliphatic carbocycles. The Morgan fingerprint density at radius 2 is 1.13 bits per heavy atom. The van der Waals surface area contributed by atoms with Crippen molar-refractivity contribution in [1.29, 1.82) is 0 Å². The van der Waals surface area contributed by atoms with E-state index in [2.05, 4.69) is 118 Å². The third-order valence-corrected chi connectivity index (χ3v) is 7.44. The summed E-state index contributed by atoms with van der Waals surface area (Å²) < 4.78 is 1.04. The first-order valence-corrected chi connectivity index (χ1v) is 13.3. The first kappa shape index (κ1) is 22.6. The van der Waals surface area contributed by atoms with Crippen molar-refractivity contribution in [3.05, 3.63) is 132 Å². The van der Waals surface area contributed by atoms with Gasteiger partial charge in [-0.3, -0.25) is 0 Å². The fourth-order valence-corrected chi connectivity index (χ4v) is 5.31. The van der Waals surface area contributed by atoms with E-state index >= 15 is 0 Å². The molecule has 1 N–H and O–H groups in total. The van der Waals surface area contributed by atoms with E-state index in [-0.39, 0.29) is 0 Å². The Morgan fingerprint density at radius 3 is 1.95 bits per heavy atom. The smallest absolute Gasteiger partial charge is 0.160 e. The highest BCUT2D eigenvalue weighted by Crippen LogP contribution is 2.35. The van der Waals surface area contributed by atoms with Gasteiger partial charge in [0, 0.05) is 43.0 Å². The summed E-state index contributed by atoms with van der Waals surface area (Å²) in [5.41, 5.74) is 9.45. The van der Waals surface area contributed by atoms with Crippen molar-refractivity contribution >= 4 is 37.7 Å². The van der Waals surface area contributed by atoms with Crippen molar-refractivity contribution in [2.45, 2.75) is 0 Å². The van der Waals surface area contributed by atoms with Crippen LogP contribution in [0.4, 0.5) is 0 Å². The van der Waals surface area contributed by atoms with Crippen LogP contribution in [-0.2, 0) is 0 Å². The summed E-state index contributed by atoms with van der Waals surface area (Å²) in [6, 6.07) is 44.0. The van der Waals surface area contributed by atoms with Crippen LogP contribution in [0.25, 0.3) is 66.8 Å². The maximum atomic E-state index is 5.03. The normalized spacial score (nSPS) is 11.3. The lowest BCUT2D eigenvalue weighted by Gasteiger charge is -2.11. The monoisotopic (exact) mass is 551 g/mol. The van der Waals surface area contributed by atoms with Crippen LogP contribution in [0.15, 0.2) is 132 Å². The molecule has 0 aliphatic rings. The van der Waals surface area contributed by atoms with Gasteiger partial charge in [0.1, 0.15) is 0 Å². The predicted octanol–water partition coefficient (Wildman–Crippen LogP) is 9.54. The number of hydrogen-bond donors (Lipinski definition) is 1. The second kappa shape index (κ2) is 9.40. The van der Waals surface area contributed by atoms with Crippen molar-refractivity contribution in [3.8, 4) is 45.0 Å². The van der Waals surface area contributed by atoms with Gasteiger partial charge in [-0.15, -0.1) is 0 Å². The molecular formula is C34H22BrN3. The minimum absolute atomic E-state index is 0.704. The number of hydrogen-bond acceptors (Lipinski definition) is 2. The second-order valence-corrected chi connectivity index (χ2v) is 10.2. The van der Waals surface area contributed by atoms with E-state index in [4.69, 9.17) is 9.97 Å². The molecule has 0 saturated heterocycles. The summed E-state index contributed by atoms with van der Waals surface area (Å²) >= 11 is 3.54. The quantitative estimate of drug-likeness (QED) is 0.236. The number of halogens is 1. The number of fused-ring (bicyclic) bond motifs is 3. The Hall–Kier alpha value is -4.54. The number of para-hydroxylation sites is 2. The fraction of sp³-hybridized carbons (Fsp3) is 0. The molecule has 5 aromatic carbocycles. The van der Waals surface area contributed by atoms with Crippen LogP contribution in [0.2, 0.25) is 0 Å². The lowest BCUT2D eigenvalue weighted by atomic mass is 9.99. The van der Waals surface area contributed by atoms with Crippen molar-refractivity contribution < 1.29 is 0 Å². The molecule has 3 nitrogen and oxygen atoms in total. The maximum absolute atomic E-state index is 5.03. The van der Waals surface area contributed by atoms with Crippen LogP contribution in [0.1, 0.15) is 0 Å². The highest BCUT2D eigenvalue weighted by atomic mass is 79.9. The van der Waals surface area contributed by atoms with Crippen molar-refractivity contribution in [1.82, 2.24) is 15.0 Å². The molecule has 2 aromatic heterocycles. The summed E-state index contributed by atoms with van der Waals surface area (Å²) in [7, 11) is 0. The van der Waals surface area contributed by atoms with Crippen LogP contribution >= 0.6 is 15.9 Å². The summed E-state index contributed by atoms with van der Waals surface area (Å²) in [5, 5.41) is 2.46. The lowest BCUT2D eigenvalue weighted by Crippen LogP contribution is -1.96. The van der Waals surface area contributed by atoms with E-state index < -0.39 is 0 Å². The summed E-state index contributed by atoms with van der Waals surface area (Å²) in [6.45, 7) is 0. The van der Waals surface area contributed by atoms with Gasteiger partial charge in [-0.05, 0) is 35.9 Å². The number of nitrogens with one attached hydrogen (secondary N) is 1. The van der Waals surface area contributed by atoms with E-state index in [1.54, 1.807) is 0 Å². The van der Waals surface area contributed by atoms with E-state index in [0.717, 1.165) is 54.7 Å². The van der Waals surface area contributed by atoms with Gasteiger partial charge in [0.05, 0.1) is 16.9 Å². The van der Waals surface area contributed by atoms with Crippen molar-refractivity contribution in [2.24, 2.45) is 0 Å². The molecule has 4 heteroatoms. The summed E-state index contributed by atoms with van der Waals surface area (Å²) in [4.78, 5) is 13.7. The summed E-state index contributed by atoms with van der Waals surface area (Å²) in [5.74, 6) is 0.704. The van der Waals surface area contributed by atoms with Crippen LogP contribution in [0.3, 0.4) is 0 Å². The Bertz CT molecular complexity index is 1920. The van der Waals surface area contributed by atoms with Crippen molar-refractivity contribution in [2.75, 3.05) is 0 Å². The number of aromatic nitrogens is 3. The number of aromatic amines is 1. The molecule has 0 unspecified atom stereocenters. The SMILES string of the molecule is Brc1ccc(-c2cc(-c3ccccc3)nc(-c3cccc(-c4cccc5c4[nH]c4ccccc45)c3)n2)cc1. The summed E-state index contributed by atoms with van der Waals surface area (Å²) in [6.07, 6.45) is 0. The van der Waals surface area contributed by atoms with Gasteiger partial charge in [-0.2, -0.15) is 0 Å². The van der Waals surface area contributed by atoms with Gasteiger partial charge < -0.3 is 4.98 Å². The van der Waals surface area contributed by atoms with Crippen LogP contribution in [0, 0.1) is 0 Å². The Kier molecular flexibility index (Phi) is 5.60. The topological polar surface area (TPSA) is 41.6 Å². The molecule has 0 amide bonds. The van der Waals surface area contributed by atoms with E-state index in [1.165, 1.54) is 10.8 Å². The van der Waals surface area contributed by atoms with Crippen molar-refractivity contribution in [3.63, 3.8) is 0 Å². The molecule has 7 rings (SSSR count). The molecule has 180 valence electrons. The number of rotatable bonds is 4. The Labute approximate surface area is 229 Å². The molecule has 7 aromatic rings. The standard InChI is InChI=1S/C34H22BrN3/c35-26-18-16-23(17-19-26)32-21-31(22-8-2-1-3-9-22)37-34(38-32)25-11-6-10-24(20-25)27-13-7-14-29-28-12-4-5-15-30(28)36-33(27)29/h1-21,36H. The molecule has 0 fully saturated rings. The highest BCUT2D eigenvalue weighted by Gasteiger charge is 2.13. The second-order valence-electron chi connectivity index (χ2n) is 9.31. The molecule has 38 heavy (non-hydrogen) atoms. The molecule has 0 saturated carbocycles. The van der Waals surface area contributed by atoms with Gasteiger partial charge in [-0.1, -0.05) is 113 Å². The maximum Gasteiger partial charge on any atom is 0.160 e. The number of benzene rings is 5. The molecule has 0 bridgehead atoms. The van der Waals surface area contributed by atoms with E-state index in [1.807, 2.05) is 30.3 Å². The molecule has 0 atom stereocenters. The minimum Gasteiger partial charge on any atom is -0.354 e. The number of H-pyrrole nitrogens is 1. The fourth-order valence-electron chi connectivity index (χ4n) is 5.04. The largest absolute Gasteiger partial charge is 0.354 e. The van der Waals surface area contributed by atoms with Crippen LogP contribution < -0.4 is 0 Å². The first-order valence-electron chi connectivity index (χ1n) is 12.5. The van der Waals surface area contributed by atoms with Gasteiger partial charge in [-0.25, -0.2) is 9.97 Å². The van der Waals surface area contributed by atoms with E-state index in [9.17, 15) is 0 Å². The van der Waals surface area contributed by atoms with Gasteiger partial charge in [0.25, 0.3) is 0 Å². The molecule has 2 heterocycles. The minimum atomic E-state index is 0.704. The van der Waals surface area contributed by atoms with Gasteiger partial charge in [0.2, 0.25) is 0 Å². The Balaban J connectivity index is 1.39. The van der Waals surface area contributed by atoms with Gasteiger partial charge in [0.15, 0.2) is 5.82 Å². The average Bonchev–Trinajstić information content (AvgIpc) is 3.37. The van der Waals surface area contributed by atoms with Crippen LogP contribution in [0.5, 0.6) is 0 Å². The zero-order valence-corrected chi connectivity index (χ0v) is 22.0. The zero-order valence-electron chi connectivity index (χ0n) is 20.4. The molecule has 0 spiro atoms. The average molecular weight is 552 g/mol. The van der Waals surface area contributed by atoms with E-state index in [0.29, 0.717) is 5.82 Å². The van der Waals surface area contributed by atoms with Crippen LogP contribution in [-0.4, -0.2) is 15.0 Å². The lowest BCUT2D eigenvalue weighted by molar-refractivity contribution is 1.18. The predicted molar refractivity (Wildman–Crippen MR) is 161 cm³/mol. The first-order chi connectivity index (χ1) is 18.7. The van der Waals surface area contributed by atoms with Gasteiger partial charge >= 0.3 is 0 Å². The number of nitrogens with zero attached hydrogens (tertiary/aromatic N) is 2. The third kappa shape index (κ3) is 4.09. The third-order valence-electron chi connectivity index (χ3n) is 6.91. The molecular weight excluding hydrogens is 530 g/mol.